The molecular formula is C49H70N10O17. The maximum Gasteiger partial charge on any atom is 0.326 e. The number of carboxylic acids is 3. The number of hydrogen-bond donors (Lipinski definition) is 15. The molecule has 0 radical (unpaired) electrons. The fraction of sp³-hybridized carbons (Fsp3) is 0.510. The molecule has 0 aliphatic carbocycles. The van der Waals surface area contributed by atoms with Crippen LogP contribution in [-0.2, 0) is 70.4 Å². The average Bonchev–Trinajstić information content (AvgIpc) is 3.35. The summed E-state index contributed by atoms with van der Waals surface area (Å²) < 4.78 is 0. The number of phenolic OH excluding ortho intramolecular Hbond substituents is 1. The number of carbonyl (C=O) groups is 12. The van der Waals surface area contributed by atoms with Crippen LogP contribution in [0.2, 0.25) is 0 Å². The maximum atomic E-state index is 14.1. The second-order valence-electron chi connectivity index (χ2n) is 18.4. The van der Waals surface area contributed by atoms with Crippen molar-refractivity contribution >= 4 is 71.1 Å². The Morgan fingerprint density at radius 1 is 0.500 bits per heavy atom. The highest BCUT2D eigenvalue weighted by atomic mass is 16.4. The normalized spacial score (nSPS) is 14.1. The van der Waals surface area contributed by atoms with Crippen molar-refractivity contribution in [1.29, 1.82) is 0 Å². The summed E-state index contributed by atoms with van der Waals surface area (Å²) in [6.45, 7) is 5.55. The molecule has 0 saturated carbocycles. The predicted octanol–water partition coefficient (Wildman–Crippen LogP) is -3.34. The molecule has 0 aliphatic heterocycles. The summed E-state index contributed by atoms with van der Waals surface area (Å²) in [7, 11) is 0. The highest BCUT2D eigenvalue weighted by molar-refractivity contribution is 5.98. The third-order valence-electron chi connectivity index (χ3n) is 11.3. The number of hydrogen-bond acceptors (Lipinski definition) is 15. The first-order valence-electron chi connectivity index (χ1n) is 24.2. The van der Waals surface area contributed by atoms with E-state index >= 15 is 0 Å². The van der Waals surface area contributed by atoms with Crippen molar-refractivity contribution in [2.75, 3.05) is 19.7 Å². The predicted molar refractivity (Wildman–Crippen MR) is 268 cm³/mol. The Morgan fingerprint density at radius 3 is 1.42 bits per heavy atom. The van der Waals surface area contributed by atoms with E-state index < -0.39 is 171 Å². The van der Waals surface area contributed by atoms with E-state index in [0.717, 1.165) is 0 Å². The molecule has 0 fully saturated rings. The number of aliphatic hydroxyl groups is 1. The SMILES string of the molecule is CC(C)C[C@H](NC(=O)[C@H](Cc1ccccc1)NC(=O)[C@H](CCC(=O)O)NC(=O)[C@H](Cc1ccc(O)cc1)NC(=O)CNC(=O)[C@H](C)NC(=O)[C@H](CCC(=O)O)NC(=O)[C@H](CO)NC(=O)[C@@H](NC(=O)CN)C(C)C)C(=O)O. The first-order chi connectivity index (χ1) is 35.7. The van der Waals surface area contributed by atoms with E-state index in [9.17, 15) is 83.1 Å². The monoisotopic (exact) mass is 1070 g/mol. The molecule has 0 aliphatic rings. The smallest absolute Gasteiger partial charge is 0.326 e. The van der Waals surface area contributed by atoms with E-state index in [1.807, 2.05) is 0 Å². The Bertz CT molecular complexity index is 2350. The fourth-order valence-electron chi connectivity index (χ4n) is 7.16. The summed E-state index contributed by atoms with van der Waals surface area (Å²) in [6.07, 6.45) is -2.78. The molecule has 0 aromatic heterocycles. The zero-order valence-electron chi connectivity index (χ0n) is 42.8. The van der Waals surface area contributed by atoms with Gasteiger partial charge in [-0.3, -0.25) is 52.7 Å². The molecule has 8 atom stereocenters. The Kier molecular flexibility index (Phi) is 27.1. The van der Waals surface area contributed by atoms with Crippen molar-refractivity contribution in [1.82, 2.24) is 47.9 Å². The van der Waals surface area contributed by atoms with E-state index in [4.69, 9.17) is 5.73 Å². The van der Waals surface area contributed by atoms with Crippen LogP contribution in [0.3, 0.4) is 0 Å². The maximum absolute atomic E-state index is 14.1. The highest BCUT2D eigenvalue weighted by Crippen LogP contribution is 2.14. The summed E-state index contributed by atoms with van der Waals surface area (Å²) in [5.74, 6) is -13.6. The Labute approximate surface area is 437 Å². The van der Waals surface area contributed by atoms with E-state index in [1.54, 1.807) is 58.0 Å². The number of aliphatic carboxylic acids is 3. The summed E-state index contributed by atoms with van der Waals surface area (Å²) >= 11 is 0. The van der Waals surface area contributed by atoms with Crippen molar-refractivity contribution in [2.24, 2.45) is 17.6 Å². The van der Waals surface area contributed by atoms with E-state index in [2.05, 4.69) is 47.9 Å². The van der Waals surface area contributed by atoms with Gasteiger partial charge in [0.05, 0.1) is 19.7 Å². The number of rotatable bonds is 33. The van der Waals surface area contributed by atoms with Gasteiger partial charge in [-0.05, 0) is 61.3 Å². The molecule has 0 unspecified atom stereocenters. The molecular weight excluding hydrogens is 1000 g/mol. The van der Waals surface area contributed by atoms with Crippen LogP contribution in [-0.4, -0.2) is 165 Å². The van der Waals surface area contributed by atoms with Crippen LogP contribution in [0.15, 0.2) is 54.6 Å². The topological polar surface area (TPSA) is 440 Å². The molecule has 76 heavy (non-hydrogen) atoms. The van der Waals surface area contributed by atoms with Gasteiger partial charge in [-0.15, -0.1) is 0 Å². The Hall–Kier alpha value is -8.20. The number of benzene rings is 2. The summed E-state index contributed by atoms with van der Waals surface area (Å²) in [6, 6.07) is 1.77. The van der Waals surface area contributed by atoms with Gasteiger partial charge in [0.2, 0.25) is 53.2 Å². The second-order valence-corrected chi connectivity index (χ2v) is 18.4. The molecule has 27 heteroatoms. The number of phenols is 1. The Morgan fingerprint density at radius 2 is 0.947 bits per heavy atom. The lowest BCUT2D eigenvalue weighted by Crippen LogP contribution is -2.60. The van der Waals surface area contributed by atoms with Crippen LogP contribution in [0, 0.1) is 11.8 Å². The number of aromatic hydroxyl groups is 1. The minimum Gasteiger partial charge on any atom is -0.508 e. The van der Waals surface area contributed by atoms with Gasteiger partial charge < -0.3 is 79.1 Å². The van der Waals surface area contributed by atoms with Crippen LogP contribution in [0.5, 0.6) is 5.75 Å². The van der Waals surface area contributed by atoms with Crippen molar-refractivity contribution in [3.05, 3.63) is 65.7 Å². The third-order valence-corrected chi connectivity index (χ3v) is 11.3. The van der Waals surface area contributed by atoms with Crippen LogP contribution >= 0.6 is 0 Å². The molecule has 2 aromatic rings. The molecule has 2 aromatic carbocycles. The number of carboxylic acid groups (broad SMARTS) is 3. The Balaban J connectivity index is 2.30. The van der Waals surface area contributed by atoms with Crippen molar-refractivity contribution in [3.8, 4) is 5.75 Å². The first-order valence-corrected chi connectivity index (χ1v) is 24.2. The van der Waals surface area contributed by atoms with Crippen molar-refractivity contribution in [3.63, 3.8) is 0 Å². The molecule has 0 spiro atoms. The third kappa shape index (κ3) is 23.3. The van der Waals surface area contributed by atoms with Gasteiger partial charge in [0, 0.05) is 25.7 Å². The number of carbonyl (C=O) groups excluding carboxylic acids is 9. The van der Waals surface area contributed by atoms with Gasteiger partial charge in [0.25, 0.3) is 0 Å². The summed E-state index contributed by atoms with van der Waals surface area (Å²) in [4.78, 5) is 155. The standard InChI is InChI=1S/C49H70N10O17/c1-25(2)19-35(49(75)76)57-46(72)34(20-28-9-7-6-8-10-28)56-44(70)32(16-18-40(66)67)54-45(71)33(21-29-11-13-30(61)14-12-29)53-38(63)23-51-42(68)27(5)52-43(69)31(15-17-39(64)65)55-47(73)36(24-60)58-48(74)41(26(3)4)59-37(62)22-50/h6-14,25-27,31-36,41,60-61H,15-24,50H2,1-5H3,(H,51,68)(H,52,69)(H,53,63)(H,54,71)(H,55,73)(H,56,70)(H,57,72)(H,58,74)(H,59,62)(H,64,65)(H,66,67)(H,75,76)/t27-,31-,32-,33-,34-,35-,36-,41-/m0/s1. The largest absolute Gasteiger partial charge is 0.508 e. The van der Waals surface area contributed by atoms with Crippen molar-refractivity contribution in [2.45, 2.75) is 128 Å². The molecule has 16 N–H and O–H groups in total. The van der Waals surface area contributed by atoms with E-state index in [1.165, 1.54) is 31.2 Å². The zero-order chi connectivity index (χ0) is 57.2. The summed E-state index contributed by atoms with van der Waals surface area (Å²) in [5.41, 5.74) is 6.25. The minimum atomic E-state index is -1.69. The van der Waals surface area contributed by atoms with Gasteiger partial charge in [0.1, 0.15) is 54.1 Å². The van der Waals surface area contributed by atoms with Gasteiger partial charge in [-0.1, -0.05) is 70.2 Å². The lowest BCUT2D eigenvalue weighted by atomic mass is 10.0. The molecule has 0 bridgehead atoms. The zero-order valence-corrected chi connectivity index (χ0v) is 42.8. The van der Waals surface area contributed by atoms with Crippen molar-refractivity contribution < 1.29 is 83.1 Å². The first kappa shape index (κ1) is 63.9. The average molecular weight is 1070 g/mol. The van der Waals surface area contributed by atoms with Crippen LogP contribution in [0.1, 0.15) is 77.8 Å². The minimum absolute atomic E-state index is 0.0499. The van der Waals surface area contributed by atoms with Crippen LogP contribution < -0.4 is 53.6 Å². The number of nitrogens with two attached hydrogens (primary N) is 1. The highest BCUT2D eigenvalue weighted by Gasteiger charge is 2.34. The number of amides is 9. The van der Waals surface area contributed by atoms with Gasteiger partial charge in [-0.25, -0.2) is 4.79 Å². The molecule has 0 heterocycles. The van der Waals surface area contributed by atoms with Gasteiger partial charge in [-0.2, -0.15) is 0 Å². The molecule has 27 nitrogen and oxygen atoms in total. The fourth-order valence-corrected chi connectivity index (χ4v) is 7.16. The molecule has 418 valence electrons. The summed E-state index contributed by atoms with van der Waals surface area (Å²) in [5, 5.41) is 69.7. The quantitative estimate of drug-likeness (QED) is 0.0332. The lowest BCUT2D eigenvalue weighted by Gasteiger charge is -2.26. The van der Waals surface area contributed by atoms with E-state index in [-0.39, 0.29) is 30.9 Å². The van der Waals surface area contributed by atoms with E-state index in [0.29, 0.717) is 11.1 Å². The van der Waals surface area contributed by atoms with Crippen LogP contribution in [0.25, 0.3) is 0 Å². The van der Waals surface area contributed by atoms with Gasteiger partial charge in [0.15, 0.2) is 0 Å². The number of nitrogens with one attached hydrogen (secondary N) is 9. The number of aliphatic hydroxyl groups excluding tert-OH is 1. The molecule has 0 saturated heterocycles. The van der Waals surface area contributed by atoms with Crippen LogP contribution in [0.4, 0.5) is 0 Å². The lowest BCUT2D eigenvalue weighted by molar-refractivity contribution is -0.143. The molecule has 9 amide bonds. The second kappa shape index (κ2) is 32.2. The van der Waals surface area contributed by atoms with Gasteiger partial charge >= 0.3 is 17.9 Å². The molecule has 2 rings (SSSR count).